The van der Waals surface area contributed by atoms with Crippen LogP contribution >= 0.6 is 39.0 Å². The van der Waals surface area contributed by atoms with Crippen LogP contribution in [0.2, 0.25) is 0 Å². The zero-order valence-corrected chi connectivity index (χ0v) is 17.0. The number of rotatable bonds is 8. The fourth-order valence-electron chi connectivity index (χ4n) is 2.18. The van der Waals surface area contributed by atoms with E-state index in [9.17, 15) is 0 Å². The first-order valence-electron chi connectivity index (χ1n) is 7.49. The van der Waals surface area contributed by atoms with E-state index in [4.69, 9.17) is 14.5 Å². The van der Waals surface area contributed by atoms with Crippen LogP contribution in [0, 0.1) is 0 Å². The normalized spacial score (nSPS) is 11.0. The van der Waals surface area contributed by atoms with Gasteiger partial charge in [-0.15, -0.1) is 21.5 Å². The largest absolute Gasteiger partial charge is 0.496 e. The highest BCUT2D eigenvalue weighted by atomic mass is 79.9. The minimum atomic E-state index is 0.634. The summed E-state index contributed by atoms with van der Waals surface area (Å²) in [4.78, 5) is 4.74. The van der Waals surface area contributed by atoms with Crippen molar-refractivity contribution in [2.45, 2.75) is 17.5 Å². The van der Waals surface area contributed by atoms with Gasteiger partial charge < -0.3 is 14.0 Å². The van der Waals surface area contributed by atoms with Gasteiger partial charge in [-0.25, -0.2) is 4.98 Å². The summed E-state index contributed by atoms with van der Waals surface area (Å²) in [5.41, 5.74) is 2.00. The van der Waals surface area contributed by atoms with Crippen LogP contribution in [0.1, 0.15) is 5.69 Å². The molecule has 0 atom stereocenters. The molecule has 0 N–H and O–H groups in total. The maximum atomic E-state index is 5.44. The van der Waals surface area contributed by atoms with Crippen LogP contribution in [0.5, 0.6) is 5.75 Å². The van der Waals surface area contributed by atoms with Crippen molar-refractivity contribution >= 4 is 39.0 Å². The van der Waals surface area contributed by atoms with E-state index in [0.29, 0.717) is 6.61 Å². The smallest absolute Gasteiger partial charge is 0.191 e. The number of nitrogens with zero attached hydrogens (tertiary/aromatic N) is 4. The second-order valence-corrected chi connectivity index (χ2v) is 7.79. The Labute approximate surface area is 162 Å². The van der Waals surface area contributed by atoms with Gasteiger partial charge in [0.15, 0.2) is 5.16 Å². The van der Waals surface area contributed by atoms with Crippen molar-refractivity contribution in [3.05, 3.63) is 40.1 Å². The van der Waals surface area contributed by atoms with Crippen molar-refractivity contribution in [1.29, 1.82) is 0 Å². The Morgan fingerprint density at radius 2 is 2.20 bits per heavy atom. The highest BCUT2D eigenvalue weighted by molar-refractivity contribution is 9.10. The lowest BCUT2D eigenvalue weighted by Crippen LogP contribution is -2.04. The number of thioether (sulfide) groups is 1. The van der Waals surface area contributed by atoms with E-state index in [2.05, 4.69) is 31.5 Å². The Balaban J connectivity index is 1.71. The molecule has 2 heterocycles. The standard InChI is InChI=1S/C16H17BrN4O2S2/c1-22-6-5-21-10-18-20-16(21)25-9-12-8-24-15(19-12)13-7-11(17)3-4-14(13)23-2/h3-4,7-8,10H,5-6,9H2,1-2H3. The lowest BCUT2D eigenvalue weighted by Gasteiger charge is -2.06. The van der Waals surface area contributed by atoms with Gasteiger partial charge in [-0.1, -0.05) is 27.7 Å². The Morgan fingerprint density at radius 3 is 3.00 bits per heavy atom. The predicted octanol–water partition coefficient (Wildman–Crippen LogP) is 4.11. The minimum absolute atomic E-state index is 0.634. The molecule has 0 saturated carbocycles. The van der Waals surface area contributed by atoms with Gasteiger partial charge in [0.05, 0.1) is 25.0 Å². The average Bonchev–Trinajstić information content (AvgIpc) is 3.27. The fourth-order valence-corrected chi connectivity index (χ4v) is 4.32. The molecule has 0 aliphatic carbocycles. The van der Waals surface area contributed by atoms with E-state index < -0.39 is 0 Å². The summed E-state index contributed by atoms with van der Waals surface area (Å²) >= 11 is 6.73. The van der Waals surface area contributed by atoms with Crippen LogP contribution in [0.3, 0.4) is 0 Å². The highest BCUT2D eigenvalue weighted by Gasteiger charge is 2.12. The van der Waals surface area contributed by atoms with Crippen LogP contribution < -0.4 is 4.74 Å². The van der Waals surface area contributed by atoms with Crippen molar-refractivity contribution < 1.29 is 9.47 Å². The number of hydrogen-bond acceptors (Lipinski definition) is 7. The van der Waals surface area contributed by atoms with Gasteiger partial charge in [-0.3, -0.25) is 0 Å². The molecule has 0 amide bonds. The number of ether oxygens (including phenoxy) is 2. The maximum Gasteiger partial charge on any atom is 0.191 e. The maximum absolute atomic E-state index is 5.44. The number of benzene rings is 1. The molecule has 0 aliphatic rings. The van der Waals surface area contributed by atoms with Gasteiger partial charge >= 0.3 is 0 Å². The quantitative estimate of drug-likeness (QED) is 0.491. The molecular weight excluding hydrogens is 424 g/mol. The number of thiazole rings is 1. The molecule has 2 aromatic heterocycles. The molecular formula is C16H17BrN4O2S2. The molecule has 132 valence electrons. The Morgan fingerprint density at radius 1 is 1.32 bits per heavy atom. The summed E-state index contributed by atoms with van der Waals surface area (Å²) in [5.74, 6) is 1.55. The number of hydrogen-bond donors (Lipinski definition) is 0. The van der Waals surface area contributed by atoms with Crippen LogP contribution in [-0.2, 0) is 17.0 Å². The first kappa shape index (κ1) is 18.4. The van der Waals surface area contributed by atoms with E-state index in [0.717, 1.165) is 43.9 Å². The average molecular weight is 441 g/mol. The zero-order chi connectivity index (χ0) is 17.6. The molecule has 1 aromatic carbocycles. The molecule has 25 heavy (non-hydrogen) atoms. The molecule has 3 rings (SSSR count). The molecule has 0 spiro atoms. The minimum Gasteiger partial charge on any atom is -0.496 e. The second-order valence-electron chi connectivity index (χ2n) is 5.08. The summed E-state index contributed by atoms with van der Waals surface area (Å²) < 4.78 is 13.5. The Hall–Kier alpha value is -1.42. The summed E-state index contributed by atoms with van der Waals surface area (Å²) in [6.45, 7) is 1.37. The molecule has 3 aromatic rings. The van der Waals surface area contributed by atoms with E-state index in [1.54, 1.807) is 43.6 Å². The summed E-state index contributed by atoms with van der Waals surface area (Å²) in [7, 11) is 3.36. The highest BCUT2D eigenvalue weighted by Crippen LogP contribution is 2.35. The Bertz CT molecular complexity index is 837. The molecule has 0 fully saturated rings. The van der Waals surface area contributed by atoms with E-state index >= 15 is 0 Å². The van der Waals surface area contributed by atoms with E-state index in [1.165, 1.54) is 0 Å². The predicted molar refractivity (Wildman–Crippen MR) is 103 cm³/mol. The fraction of sp³-hybridized carbons (Fsp3) is 0.312. The second kappa shape index (κ2) is 8.79. The number of halogens is 1. The third-order valence-electron chi connectivity index (χ3n) is 3.41. The lowest BCUT2D eigenvalue weighted by atomic mass is 10.2. The van der Waals surface area contributed by atoms with Gasteiger partial charge in [0.2, 0.25) is 0 Å². The first-order chi connectivity index (χ1) is 12.2. The lowest BCUT2D eigenvalue weighted by molar-refractivity contribution is 0.184. The molecule has 0 aliphatic heterocycles. The summed E-state index contributed by atoms with van der Waals surface area (Å²) in [6, 6.07) is 5.92. The van der Waals surface area contributed by atoms with Crippen molar-refractivity contribution in [2.75, 3.05) is 20.8 Å². The van der Waals surface area contributed by atoms with Crippen molar-refractivity contribution in [2.24, 2.45) is 0 Å². The summed E-state index contributed by atoms with van der Waals surface area (Å²) in [6.07, 6.45) is 1.72. The molecule has 0 saturated heterocycles. The van der Waals surface area contributed by atoms with Crippen molar-refractivity contribution in [3.8, 4) is 16.3 Å². The first-order valence-corrected chi connectivity index (χ1v) is 10.1. The van der Waals surface area contributed by atoms with Gasteiger partial charge in [0, 0.05) is 29.3 Å². The van der Waals surface area contributed by atoms with Crippen LogP contribution in [0.4, 0.5) is 0 Å². The molecule has 0 bridgehead atoms. The molecule has 0 radical (unpaired) electrons. The van der Waals surface area contributed by atoms with Gasteiger partial charge in [-0.05, 0) is 18.2 Å². The van der Waals surface area contributed by atoms with E-state index in [-0.39, 0.29) is 0 Å². The van der Waals surface area contributed by atoms with Gasteiger partial charge in [-0.2, -0.15) is 0 Å². The van der Waals surface area contributed by atoms with Gasteiger partial charge in [0.1, 0.15) is 17.1 Å². The SMILES string of the molecule is COCCn1cnnc1SCc1csc(-c2cc(Br)ccc2OC)n1. The van der Waals surface area contributed by atoms with Crippen LogP contribution in [0.15, 0.2) is 39.5 Å². The van der Waals surface area contributed by atoms with Crippen LogP contribution in [0.25, 0.3) is 10.6 Å². The van der Waals surface area contributed by atoms with Crippen molar-refractivity contribution in [3.63, 3.8) is 0 Å². The zero-order valence-electron chi connectivity index (χ0n) is 13.8. The van der Waals surface area contributed by atoms with Crippen molar-refractivity contribution in [1.82, 2.24) is 19.7 Å². The number of aromatic nitrogens is 4. The van der Waals surface area contributed by atoms with E-state index in [1.807, 2.05) is 22.8 Å². The van der Waals surface area contributed by atoms with Gasteiger partial charge in [0.25, 0.3) is 0 Å². The third kappa shape index (κ3) is 4.60. The Kier molecular flexibility index (Phi) is 6.46. The third-order valence-corrected chi connectivity index (χ3v) is 5.84. The topological polar surface area (TPSA) is 62.1 Å². The monoisotopic (exact) mass is 440 g/mol. The molecule has 0 unspecified atom stereocenters. The molecule has 9 heteroatoms. The number of methoxy groups -OCH3 is 2. The molecule has 6 nitrogen and oxygen atoms in total. The van der Waals surface area contributed by atoms with Crippen LogP contribution in [-0.4, -0.2) is 40.6 Å². The summed E-state index contributed by atoms with van der Waals surface area (Å²) in [5, 5.41) is 12.0.